The third-order valence-corrected chi connectivity index (χ3v) is 2.37. The predicted molar refractivity (Wildman–Crippen MR) is 59.3 cm³/mol. The molecule has 0 radical (unpaired) electrons. The Hall–Kier alpha value is -1.39. The van der Waals surface area contributed by atoms with Crippen molar-refractivity contribution in [1.82, 2.24) is 9.55 Å². The molecule has 2 rings (SSSR count). The minimum atomic E-state index is 0.529. The first-order chi connectivity index (χ1) is 7.36. The van der Waals surface area contributed by atoms with Gasteiger partial charge in [0.1, 0.15) is 12.4 Å². The number of aromatic nitrogens is 2. The van der Waals surface area contributed by atoms with Crippen molar-refractivity contribution in [1.29, 1.82) is 0 Å². The summed E-state index contributed by atoms with van der Waals surface area (Å²) in [7, 11) is 0. The summed E-state index contributed by atoms with van der Waals surface area (Å²) >= 11 is 0. The van der Waals surface area contributed by atoms with Gasteiger partial charge in [-0.25, -0.2) is 4.98 Å². The second-order valence-electron chi connectivity index (χ2n) is 3.32. The summed E-state index contributed by atoms with van der Waals surface area (Å²) < 4.78 is 7.35. The molecule has 2 N–H and O–H groups in total. The van der Waals surface area contributed by atoms with Gasteiger partial charge in [0, 0.05) is 30.9 Å². The lowest BCUT2D eigenvalue weighted by molar-refractivity contribution is 0.0904. The highest BCUT2D eigenvalue weighted by atomic mass is 16.5. The van der Waals surface area contributed by atoms with Crippen molar-refractivity contribution in [2.45, 2.75) is 20.2 Å². The van der Waals surface area contributed by atoms with Crippen molar-refractivity contribution >= 4 is 11.0 Å². The van der Waals surface area contributed by atoms with Crippen molar-refractivity contribution in [3.05, 3.63) is 30.1 Å². The number of fused-ring (bicyclic) bond motifs is 1. The van der Waals surface area contributed by atoms with Gasteiger partial charge in [-0.3, -0.25) is 0 Å². The van der Waals surface area contributed by atoms with Gasteiger partial charge >= 0.3 is 0 Å². The van der Waals surface area contributed by atoms with Crippen LogP contribution in [0.2, 0.25) is 0 Å². The Morgan fingerprint density at radius 1 is 1.53 bits per heavy atom. The Morgan fingerprint density at radius 2 is 2.40 bits per heavy atom. The fourth-order valence-electron chi connectivity index (χ4n) is 1.65. The van der Waals surface area contributed by atoms with Gasteiger partial charge < -0.3 is 15.0 Å². The van der Waals surface area contributed by atoms with Crippen molar-refractivity contribution in [3.63, 3.8) is 0 Å². The van der Waals surface area contributed by atoms with Crippen LogP contribution in [0.4, 0.5) is 0 Å². The van der Waals surface area contributed by atoms with E-state index in [9.17, 15) is 0 Å². The van der Waals surface area contributed by atoms with Gasteiger partial charge in [-0.1, -0.05) is 0 Å². The van der Waals surface area contributed by atoms with Crippen LogP contribution in [0.15, 0.2) is 24.5 Å². The lowest BCUT2D eigenvalue weighted by Gasteiger charge is -2.03. The number of pyridine rings is 1. The maximum atomic E-state index is 5.68. The summed E-state index contributed by atoms with van der Waals surface area (Å²) in [5, 5.41) is 1.11. The molecule has 0 bridgehead atoms. The number of hydrogen-bond donors (Lipinski definition) is 1. The lowest BCUT2D eigenvalue weighted by atomic mass is 10.2. The molecule has 0 saturated carbocycles. The Balaban J connectivity index is 2.45. The van der Waals surface area contributed by atoms with E-state index in [2.05, 4.69) is 4.98 Å². The average Bonchev–Trinajstić information content (AvgIpc) is 2.65. The van der Waals surface area contributed by atoms with Crippen LogP contribution in [0.5, 0.6) is 0 Å². The van der Waals surface area contributed by atoms with Crippen LogP contribution in [0.3, 0.4) is 0 Å². The number of rotatable bonds is 4. The Kier molecular flexibility index (Phi) is 2.99. The summed E-state index contributed by atoms with van der Waals surface area (Å²) in [5.41, 5.74) is 7.72. The molecule has 2 aromatic heterocycles. The van der Waals surface area contributed by atoms with E-state index in [0.717, 1.165) is 16.6 Å². The summed E-state index contributed by atoms with van der Waals surface area (Å²) in [6, 6.07) is 3.96. The molecule has 0 aliphatic rings. The van der Waals surface area contributed by atoms with Crippen molar-refractivity contribution < 1.29 is 4.74 Å². The Morgan fingerprint density at radius 3 is 3.13 bits per heavy atom. The van der Waals surface area contributed by atoms with Gasteiger partial charge in [0.15, 0.2) is 0 Å². The van der Waals surface area contributed by atoms with Crippen molar-refractivity contribution in [2.75, 3.05) is 6.61 Å². The first-order valence-corrected chi connectivity index (χ1v) is 5.07. The Labute approximate surface area is 88.7 Å². The predicted octanol–water partition coefficient (Wildman–Crippen LogP) is 1.49. The van der Waals surface area contributed by atoms with Gasteiger partial charge in [0.2, 0.25) is 0 Å². The fourth-order valence-corrected chi connectivity index (χ4v) is 1.65. The molecule has 0 atom stereocenters. The largest absolute Gasteiger partial charge is 0.361 e. The van der Waals surface area contributed by atoms with E-state index in [1.807, 2.05) is 29.8 Å². The van der Waals surface area contributed by atoms with E-state index in [1.165, 1.54) is 0 Å². The minimum absolute atomic E-state index is 0.529. The summed E-state index contributed by atoms with van der Waals surface area (Å²) in [5.74, 6) is 0. The standard InChI is InChI=1S/C11H15N3O/c1-2-15-8-14-7-9(6-12)10-4-3-5-13-11(10)14/h3-5,7H,2,6,8,12H2,1H3. The summed E-state index contributed by atoms with van der Waals surface area (Å²) in [4.78, 5) is 4.33. The summed E-state index contributed by atoms with van der Waals surface area (Å²) in [6.45, 7) is 3.73. The highest BCUT2D eigenvalue weighted by Gasteiger charge is 2.07. The fraction of sp³-hybridized carbons (Fsp3) is 0.364. The second kappa shape index (κ2) is 4.42. The van der Waals surface area contributed by atoms with E-state index in [-0.39, 0.29) is 0 Å². The van der Waals surface area contributed by atoms with E-state index in [4.69, 9.17) is 10.5 Å². The number of hydrogen-bond acceptors (Lipinski definition) is 3. The zero-order valence-electron chi connectivity index (χ0n) is 8.81. The number of nitrogens with two attached hydrogens (primary N) is 1. The zero-order valence-corrected chi connectivity index (χ0v) is 8.81. The molecular formula is C11H15N3O. The van der Waals surface area contributed by atoms with Crippen LogP contribution < -0.4 is 5.73 Å². The van der Waals surface area contributed by atoms with Crippen molar-refractivity contribution in [3.8, 4) is 0 Å². The van der Waals surface area contributed by atoms with Crippen molar-refractivity contribution in [2.24, 2.45) is 5.73 Å². The second-order valence-corrected chi connectivity index (χ2v) is 3.32. The van der Waals surface area contributed by atoms with Gasteiger partial charge in [0.05, 0.1) is 0 Å². The maximum absolute atomic E-state index is 5.68. The molecule has 0 aliphatic heterocycles. The van der Waals surface area contributed by atoms with Gasteiger partial charge in [-0.15, -0.1) is 0 Å². The molecule has 0 amide bonds. The third-order valence-electron chi connectivity index (χ3n) is 2.37. The van der Waals surface area contributed by atoms with E-state index in [0.29, 0.717) is 19.9 Å². The highest BCUT2D eigenvalue weighted by Crippen LogP contribution is 2.18. The topological polar surface area (TPSA) is 53.1 Å². The molecule has 0 spiro atoms. The van der Waals surface area contributed by atoms with Gasteiger partial charge in [-0.05, 0) is 24.6 Å². The first-order valence-electron chi connectivity index (χ1n) is 5.07. The molecule has 2 heterocycles. The molecule has 0 fully saturated rings. The van der Waals surface area contributed by atoms with Crippen LogP contribution in [0.25, 0.3) is 11.0 Å². The van der Waals surface area contributed by atoms with E-state index in [1.54, 1.807) is 6.20 Å². The van der Waals surface area contributed by atoms with E-state index < -0.39 is 0 Å². The number of ether oxygens (including phenoxy) is 1. The maximum Gasteiger partial charge on any atom is 0.142 e. The number of nitrogens with zero attached hydrogens (tertiary/aromatic N) is 2. The Bertz CT molecular complexity index is 450. The molecule has 80 valence electrons. The molecule has 0 unspecified atom stereocenters. The minimum Gasteiger partial charge on any atom is -0.361 e. The van der Waals surface area contributed by atoms with Gasteiger partial charge in [-0.2, -0.15) is 0 Å². The quantitative estimate of drug-likeness (QED) is 0.822. The molecule has 2 aromatic rings. The monoisotopic (exact) mass is 205 g/mol. The van der Waals surface area contributed by atoms with Crippen LogP contribution >= 0.6 is 0 Å². The molecule has 4 nitrogen and oxygen atoms in total. The van der Waals surface area contributed by atoms with Crippen LogP contribution in [0, 0.1) is 0 Å². The van der Waals surface area contributed by atoms with Crippen LogP contribution in [-0.4, -0.2) is 16.2 Å². The molecule has 15 heavy (non-hydrogen) atoms. The summed E-state index contributed by atoms with van der Waals surface area (Å²) in [6.07, 6.45) is 3.79. The first kappa shape index (κ1) is 10.1. The molecular weight excluding hydrogens is 190 g/mol. The lowest BCUT2D eigenvalue weighted by Crippen LogP contribution is -2.01. The highest BCUT2D eigenvalue weighted by molar-refractivity contribution is 5.80. The van der Waals surface area contributed by atoms with Gasteiger partial charge in [0.25, 0.3) is 0 Å². The normalized spacial score (nSPS) is 11.1. The smallest absolute Gasteiger partial charge is 0.142 e. The molecule has 0 aromatic carbocycles. The third kappa shape index (κ3) is 1.86. The molecule has 0 saturated heterocycles. The zero-order chi connectivity index (χ0) is 10.7. The molecule has 0 aliphatic carbocycles. The van der Waals surface area contributed by atoms with Crippen LogP contribution in [0.1, 0.15) is 12.5 Å². The van der Waals surface area contributed by atoms with Crippen LogP contribution in [-0.2, 0) is 18.0 Å². The van der Waals surface area contributed by atoms with E-state index >= 15 is 0 Å². The average molecular weight is 205 g/mol. The molecule has 4 heteroatoms. The SMILES string of the molecule is CCOCn1cc(CN)c2cccnc21.